The van der Waals surface area contributed by atoms with Crippen LogP contribution in [0.2, 0.25) is 0 Å². The minimum atomic E-state index is -0.589. The van der Waals surface area contributed by atoms with Crippen LogP contribution < -0.4 is 5.32 Å². The molecule has 24 heavy (non-hydrogen) atoms. The summed E-state index contributed by atoms with van der Waals surface area (Å²) in [5.41, 5.74) is 1.90. The highest BCUT2D eigenvalue weighted by Crippen LogP contribution is 2.12. The number of carbonyl (C=O) groups excluding carboxylic acids is 2. The topological polar surface area (TPSA) is 70.0 Å². The summed E-state index contributed by atoms with van der Waals surface area (Å²) in [6.07, 6.45) is 0.241. The van der Waals surface area contributed by atoms with Crippen LogP contribution >= 0.6 is 0 Å². The third-order valence-corrected chi connectivity index (χ3v) is 3.77. The van der Waals surface area contributed by atoms with Crippen LogP contribution in [0.1, 0.15) is 35.3 Å². The van der Waals surface area contributed by atoms with Crippen molar-refractivity contribution >= 4 is 11.7 Å². The van der Waals surface area contributed by atoms with Crippen molar-refractivity contribution in [3.05, 3.63) is 71.3 Å². The molecule has 1 N–H and O–H groups in total. The monoisotopic (exact) mass is 320 g/mol. The van der Waals surface area contributed by atoms with E-state index >= 15 is 0 Å². The van der Waals surface area contributed by atoms with Crippen molar-refractivity contribution in [1.29, 1.82) is 5.26 Å². The number of ketones is 1. The van der Waals surface area contributed by atoms with Gasteiger partial charge in [0.25, 0.3) is 0 Å². The molecule has 0 aliphatic heterocycles. The van der Waals surface area contributed by atoms with E-state index < -0.39 is 6.04 Å². The Morgan fingerprint density at radius 2 is 1.67 bits per heavy atom. The molecule has 0 heterocycles. The highest BCUT2D eigenvalue weighted by molar-refractivity contribution is 6.02. The highest BCUT2D eigenvalue weighted by atomic mass is 16.2. The molecule has 0 fully saturated rings. The highest BCUT2D eigenvalue weighted by Gasteiger charge is 2.25. The van der Waals surface area contributed by atoms with Gasteiger partial charge in [-0.3, -0.25) is 9.59 Å². The number of nitriles is 1. The van der Waals surface area contributed by atoms with Crippen LogP contribution in [0.5, 0.6) is 0 Å². The van der Waals surface area contributed by atoms with Crippen LogP contribution in [0.4, 0.5) is 0 Å². The number of Topliss-reactive ketones (excluding diaryl/α,β-unsaturated/α-hetero) is 1. The fourth-order valence-corrected chi connectivity index (χ4v) is 2.43. The summed E-state index contributed by atoms with van der Waals surface area (Å²) in [6, 6.07) is 17.3. The second-order valence-electron chi connectivity index (χ2n) is 6.00. The zero-order valence-electron chi connectivity index (χ0n) is 13.8. The summed E-state index contributed by atoms with van der Waals surface area (Å²) < 4.78 is 0. The molecule has 122 valence electrons. The quantitative estimate of drug-likeness (QED) is 0.831. The van der Waals surface area contributed by atoms with Gasteiger partial charge in [-0.1, -0.05) is 56.3 Å². The summed E-state index contributed by atoms with van der Waals surface area (Å²) in [5, 5.41) is 11.7. The number of carbonyl (C=O) groups is 2. The van der Waals surface area contributed by atoms with E-state index in [1.54, 1.807) is 24.3 Å². The second-order valence-corrected chi connectivity index (χ2v) is 6.00. The zero-order chi connectivity index (χ0) is 17.5. The number of hydrogen-bond acceptors (Lipinski definition) is 3. The van der Waals surface area contributed by atoms with Gasteiger partial charge in [0.2, 0.25) is 5.91 Å². The molecule has 1 unspecified atom stereocenters. The Bertz CT molecular complexity index is 743. The largest absolute Gasteiger partial charge is 0.345 e. The Hall–Kier alpha value is -2.93. The first-order chi connectivity index (χ1) is 11.5. The van der Waals surface area contributed by atoms with E-state index in [4.69, 9.17) is 5.26 Å². The molecule has 4 nitrogen and oxygen atoms in total. The predicted molar refractivity (Wildman–Crippen MR) is 92.4 cm³/mol. The second kappa shape index (κ2) is 8.07. The number of hydrogen-bond donors (Lipinski definition) is 1. The molecule has 0 aliphatic rings. The average molecular weight is 320 g/mol. The lowest BCUT2D eigenvalue weighted by Crippen LogP contribution is -2.45. The van der Waals surface area contributed by atoms with Gasteiger partial charge >= 0.3 is 0 Å². The van der Waals surface area contributed by atoms with Crippen molar-refractivity contribution in [2.24, 2.45) is 5.92 Å². The summed E-state index contributed by atoms with van der Waals surface area (Å²) in [6.45, 7) is 3.80. The van der Waals surface area contributed by atoms with Gasteiger partial charge in [-0.2, -0.15) is 5.26 Å². The Labute approximate surface area is 142 Å². The molecule has 0 saturated heterocycles. The van der Waals surface area contributed by atoms with Gasteiger partial charge in [0.05, 0.1) is 24.1 Å². The third kappa shape index (κ3) is 4.53. The van der Waals surface area contributed by atoms with Crippen molar-refractivity contribution in [3.63, 3.8) is 0 Å². The van der Waals surface area contributed by atoms with Crippen LogP contribution in [-0.4, -0.2) is 17.7 Å². The van der Waals surface area contributed by atoms with Crippen molar-refractivity contribution < 1.29 is 9.59 Å². The molecular weight excluding hydrogens is 300 g/mol. The summed E-state index contributed by atoms with van der Waals surface area (Å²) >= 11 is 0. The molecule has 2 rings (SSSR count). The molecule has 0 spiro atoms. The molecule has 2 aromatic rings. The van der Waals surface area contributed by atoms with Crippen molar-refractivity contribution in [2.75, 3.05) is 0 Å². The first-order valence-electron chi connectivity index (χ1n) is 7.89. The smallest absolute Gasteiger partial charge is 0.225 e. The Balaban J connectivity index is 2.09. The maximum Gasteiger partial charge on any atom is 0.225 e. The van der Waals surface area contributed by atoms with Crippen LogP contribution in [0.15, 0.2) is 54.6 Å². The van der Waals surface area contributed by atoms with Crippen molar-refractivity contribution in [1.82, 2.24) is 5.32 Å². The van der Waals surface area contributed by atoms with E-state index in [2.05, 4.69) is 5.32 Å². The van der Waals surface area contributed by atoms with Crippen LogP contribution in [0, 0.1) is 17.2 Å². The van der Waals surface area contributed by atoms with E-state index in [0.29, 0.717) is 11.1 Å². The number of nitrogens with zero attached hydrogens (tertiary/aromatic N) is 1. The number of amides is 1. The van der Waals surface area contributed by atoms with E-state index in [1.165, 1.54) is 0 Å². The van der Waals surface area contributed by atoms with E-state index in [-0.39, 0.29) is 24.0 Å². The molecule has 0 radical (unpaired) electrons. The molecule has 1 amide bonds. The van der Waals surface area contributed by atoms with Gasteiger partial charge in [-0.05, 0) is 23.6 Å². The summed E-state index contributed by atoms with van der Waals surface area (Å²) in [7, 11) is 0. The van der Waals surface area contributed by atoms with Crippen molar-refractivity contribution in [2.45, 2.75) is 26.3 Å². The molecule has 0 aliphatic carbocycles. The lowest BCUT2D eigenvalue weighted by Gasteiger charge is -2.21. The maximum atomic E-state index is 12.7. The number of rotatable bonds is 6. The number of nitrogens with one attached hydrogen (secondary N) is 1. The molecule has 0 saturated carbocycles. The minimum Gasteiger partial charge on any atom is -0.345 e. The fraction of sp³-hybridized carbons (Fsp3) is 0.250. The van der Waals surface area contributed by atoms with Gasteiger partial charge in [0.1, 0.15) is 0 Å². The lowest BCUT2D eigenvalue weighted by atomic mass is 9.94. The standard InChI is InChI=1S/C20H20N2O2/c1-14(2)19(20(24)17-10-8-16(13-21)9-11-17)22-18(23)12-15-6-4-3-5-7-15/h3-11,14,19H,12H2,1-2H3,(H,22,23). The molecular formula is C20H20N2O2. The third-order valence-electron chi connectivity index (χ3n) is 3.77. The normalized spacial score (nSPS) is 11.6. The van der Waals surface area contributed by atoms with Gasteiger partial charge in [0.15, 0.2) is 5.78 Å². The predicted octanol–water partition coefficient (Wildman–Crippen LogP) is 3.12. The fourth-order valence-electron chi connectivity index (χ4n) is 2.43. The average Bonchev–Trinajstić information content (AvgIpc) is 2.60. The van der Waals surface area contributed by atoms with Gasteiger partial charge in [0, 0.05) is 5.56 Å². The first-order valence-corrected chi connectivity index (χ1v) is 7.89. The van der Waals surface area contributed by atoms with E-state index in [0.717, 1.165) is 5.56 Å². The first kappa shape index (κ1) is 17.4. The minimum absolute atomic E-state index is 0.0344. The van der Waals surface area contributed by atoms with Gasteiger partial charge < -0.3 is 5.32 Å². The number of benzene rings is 2. The lowest BCUT2D eigenvalue weighted by molar-refractivity contribution is -0.121. The Kier molecular flexibility index (Phi) is 5.86. The van der Waals surface area contributed by atoms with Gasteiger partial charge in [-0.15, -0.1) is 0 Å². The molecule has 4 heteroatoms. The van der Waals surface area contributed by atoms with Gasteiger partial charge in [-0.25, -0.2) is 0 Å². The molecule has 0 bridgehead atoms. The van der Waals surface area contributed by atoms with Crippen LogP contribution in [0.25, 0.3) is 0 Å². The summed E-state index contributed by atoms with van der Waals surface area (Å²) in [4.78, 5) is 24.9. The zero-order valence-corrected chi connectivity index (χ0v) is 13.8. The van der Waals surface area contributed by atoms with Crippen LogP contribution in [-0.2, 0) is 11.2 Å². The Morgan fingerprint density at radius 1 is 1.04 bits per heavy atom. The Morgan fingerprint density at radius 3 is 2.21 bits per heavy atom. The summed E-state index contributed by atoms with van der Waals surface area (Å²) in [5.74, 6) is -0.356. The van der Waals surface area contributed by atoms with Crippen molar-refractivity contribution in [3.8, 4) is 6.07 Å². The molecule has 1 atom stereocenters. The molecule has 2 aromatic carbocycles. The molecule has 0 aromatic heterocycles. The van der Waals surface area contributed by atoms with E-state index in [1.807, 2.05) is 50.2 Å². The van der Waals surface area contributed by atoms with Crippen LogP contribution in [0.3, 0.4) is 0 Å². The maximum absolute atomic E-state index is 12.7. The van der Waals surface area contributed by atoms with E-state index in [9.17, 15) is 9.59 Å². The SMILES string of the molecule is CC(C)C(NC(=O)Cc1ccccc1)C(=O)c1ccc(C#N)cc1.